The van der Waals surface area contributed by atoms with Crippen molar-refractivity contribution in [3.63, 3.8) is 0 Å². The van der Waals surface area contributed by atoms with Crippen molar-refractivity contribution < 1.29 is 0 Å². The van der Waals surface area contributed by atoms with Gasteiger partial charge in [-0.3, -0.25) is 0 Å². The summed E-state index contributed by atoms with van der Waals surface area (Å²) in [5.41, 5.74) is 4.50. The fourth-order valence-corrected chi connectivity index (χ4v) is 5.49. The Balaban J connectivity index is 1.55. The van der Waals surface area contributed by atoms with Gasteiger partial charge in [0.1, 0.15) is 0 Å². The van der Waals surface area contributed by atoms with E-state index >= 15 is 0 Å². The number of benzene rings is 3. The normalized spacial score (nSPS) is 15.6. The van der Waals surface area contributed by atoms with E-state index in [-0.39, 0.29) is 6.04 Å². The monoisotopic (exact) mass is 500 g/mol. The largest absolute Gasteiger partial charge is 0.247 e. The summed E-state index contributed by atoms with van der Waals surface area (Å²) in [5.74, 6) is 0.550. The van der Waals surface area contributed by atoms with Gasteiger partial charge in [-0.15, -0.1) is 11.3 Å². The Bertz CT molecular complexity index is 1520. The van der Waals surface area contributed by atoms with Crippen LogP contribution in [0, 0.1) is 0 Å². The lowest BCUT2D eigenvalue weighted by Crippen LogP contribution is -2.20. The van der Waals surface area contributed by atoms with Gasteiger partial charge in [-0.05, 0) is 35.7 Å². The van der Waals surface area contributed by atoms with Crippen LogP contribution in [0.5, 0.6) is 0 Å². The molecule has 1 unspecified atom stereocenters. The van der Waals surface area contributed by atoms with Crippen molar-refractivity contribution in [2.24, 2.45) is 5.10 Å². The van der Waals surface area contributed by atoms with Crippen LogP contribution in [-0.4, -0.2) is 15.7 Å². The van der Waals surface area contributed by atoms with Crippen molar-refractivity contribution in [1.29, 1.82) is 0 Å². The van der Waals surface area contributed by atoms with E-state index in [1.807, 2.05) is 77.8 Å². The molecule has 3 heterocycles. The molecule has 34 heavy (non-hydrogen) atoms. The van der Waals surface area contributed by atoms with Crippen molar-refractivity contribution in [3.05, 3.63) is 111 Å². The molecule has 0 N–H and O–H groups in total. The number of hydrogen-bond donors (Lipinski definition) is 0. The lowest BCUT2D eigenvalue weighted by molar-refractivity contribution is 0.700. The van der Waals surface area contributed by atoms with Gasteiger partial charge in [0.05, 0.1) is 23.0 Å². The van der Waals surface area contributed by atoms with E-state index in [4.69, 9.17) is 38.3 Å². The van der Waals surface area contributed by atoms with Crippen molar-refractivity contribution in [2.45, 2.75) is 12.5 Å². The maximum atomic E-state index is 6.53. The van der Waals surface area contributed by atoms with Gasteiger partial charge >= 0.3 is 0 Å². The molecule has 0 saturated heterocycles. The molecule has 1 aliphatic heterocycles. The standard InChI is InChI=1S/C27H18Cl2N4S/c28-18-12-13-22-20(15-18)26(17-7-2-1-3-8-17)31-27(30-22)33-24(25-11-6-14-34-25)16-23(32-33)19-9-4-5-10-21(19)29/h1-15,24H,16H2. The van der Waals surface area contributed by atoms with E-state index in [1.54, 1.807) is 11.3 Å². The van der Waals surface area contributed by atoms with Gasteiger partial charge in [-0.2, -0.15) is 5.10 Å². The number of aromatic nitrogens is 2. The Labute approximate surface area is 211 Å². The molecule has 0 spiro atoms. The molecule has 0 radical (unpaired) electrons. The zero-order valence-corrected chi connectivity index (χ0v) is 20.2. The molecule has 166 valence electrons. The first kappa shape index (κ1) is 21.3. The lowest BCUT2D eigenvalue weighted by Gasteiger charge is -2.21. The molecule has 7 heteroatoms. The van der Waals surface area contributed by atoms with Crippen LogP contribution in [0.1, 0.15) is 22.9 Å². The molecule has 1 atom stereocenters. The first-order valence-corrected chi connectivity index (χ1v) is 12.5. The van der Waals surface area contributed by atoms with Crippen molar-refractivity contribution in [1.82, 2.24) is 9.97 Å². The molecule has 4 nitrogen and oxygen atoms in total. The molecule has 2 aromatic heterocycles. The third-order valence-electron chi connectivity index (χ3n) is 5.86. The third-order valence-corrected chi connectivity index (χ3v) is 7.40. The number of halogens is 2. The SMILES string of the molecule is Clc1ccc2nc(N3N=C(c4ccccc4Cl)CC3c3cccs3)nc(-c3ccccc3)c2c1. The van der Waals surface area contributed by atoms with Crippen molar-refractivity contribution >= 4 is 57.1 Å². The number of fused-ring (bicyclic) bond motifs is 1. The zero-order chi connectivity index (χ0) is 23.1. The first-order valence-electron chi connectivity index (χ1n) is 10.8. The summed E-state index contributed by atoms with van der Waals surface area (Å²) in [6, 6.07) is 27.8. The van der Waals surface area contributed by atoms with Crippen molar-refractivity contribution in [3.8, 4) is 11.3 Å². The van der Waals surface area contributed by atoms with Crippen LogP contribution < -0.4 is 5.01 Å². The summed E-state index contributed by atoms with van der Waals surface area (Å²) in [5, 5.41) is 11.3. The molecule has 1 aliphatic rings. The molecular formula is C27H18Cl2N4S. The van der Waals surface area contributed by atoms with E-state index in [9.17, 15) is 0 Å². The minimum Gasteiger partial charge on any atom is -0.223 e. The number of nitrogens with zero attached hydrogens (tertiary/aromatic N) is 4. The Morgan fingerprint density at radius 1 is 0.853 bits per heavy atom. The second-order valence-corrected chi connectivity index (χ2v) is 9.83. The van der Waals surface area contributed by atoms with Crippen LogP contribution in [0.25, 0.3) is 22.2 Å². The third kappa shape index (κ3) is 3.86. The number of thiophene rings is 1. The van der Waals surface area contributed by atoms with Gasteiger partial charge in [-0.1, -0.05) is 77.8 Å². The van der Waals surface area contributed by atoms with Gasteiger partial charge in [0, 0.05) is 37.9 Å². The number of anilines is 1. The molecule has 5 aromatic rings. The van der Waals surface area contributed by atoms with Crippen LogP contribution in [0.3, 0.4) is 0 Å². The summed E-state index contributed by atoms with van der Waals surface area (Å²) < 4.78 is 0. The highest BCUT2D eigenvalue weighted by atomic mass is 35.5. The maximum absolute atomic E-state index is 6.53. The van der Waals surface area contributed by atoms with E-state index in [0.717, 1.165) is 33.4 Å². The summed E-state index contributed by atoms with van der Waals surface area (Å²) >= 11 is 14.6. The van der Waals surface area contributed by atoms with Gasteiger partial charge in [-0.25, -0.2) is 15.0 Å². The Morgan fingerprint density at radius 3 is 2.47 bits per heavy atom. The molecular weight excluding hydrogens is 483 g/mol. The minimum atomic E-state index is -0.0142. The molecule has 0 saturated carbocycles. The summed E-state index contributed by atoms with van der Waals surface area (Å²) in [6.07, 6.45) is 0.715. The average Bonchev–Trinajstić information content (AvgIpc) is 3.55. The predicted molar refractivity (Wildman–Crippen MR) is 142 cm³/mol. The average molecular weight is 501 g/mol. The predicted octanol–water partition coefficient (Wildman–Crippen LogP) is 8.02. The van der Waals surface area contributed by atoms with Crippen LogP contribution >= 0.6 is 34.5 Å². The summed E-state index contributed by atoms with van der Waals surface area (Å²) in [6.45, 7) is 0. The van der Waals surface area contributed by atoms with E-state index in [1.165, 1.54) is 4.88 Å². The highest BCUT2D eigenvalue weighted by molar-refractivity contribution is 7.10. The van der Waals surface area contributed by atoms with E-state index < -0.39 is 0 Å². The number of rotatable bonds is 4. The zero-order valence-electron chi connectivity index (χ0n) is 17.9. The Morgan fingerprint density at radius 2 is 1.68 bits per heavy atom. The van der Waals surface area contributed by atoms with Gasteiger partial charge in [0.15, 0.2) is 0 Å². The molecule has 3 aromatic carbocycles. The fourth-order valence-electron chi connectivity index (χ4n) is 4.26. The second kappa shape index (κ2) is 8.84. The number of hydrazone groups is 1. The summed E-state index contributed by atoms with van der Waals surface area (Å²) in [4.78, 5) is 11.1. The van der Waals surface area contributed by atoms with Gasteiger partial charge in [0.2, 0.25) is 5.95 Å². The topological polar surface area (TPSA) is 41.4 Å². The smallest absolute Gasteiger partial charge is 0.223 e. The number of hydrogen-bond acceptors (Lipinski definition) is 5. The van der Waals surface area contributed by atoms with Gasteiger partial charge < -0.3 is 0 Å². The molecule has 0 fully saturated rings. The van der Waals surface area contributed by atoms with Gasteiger partial charge in [0.25, 0.3) is 0 Å². The van der Waals surface area contributed by atoms with Crippen LogP contribution in [0.2, 0.25) is 10.0 Å². The Kier molecular flexibility index (Phi) is 5.53. The highest BCUT2D eigenvalue weighted by Gasteiger charge is 2.33. The Hall–Kier alpha value is -3.25. The molecule has 0 amide bonds. The van der Waals surface area contributed by atoms with E-state index in [2.05, 4.69) is 17.5 Å². The summed E-state index contributed by atoms with van der Waals surface area (Å²) in [7, 11) is 0. The molecule has 6 rings (SSSR count). The maximum Gasteiger partial charge on any atom is 0.247 e. The second-order valence-electron chi connectivity index (χ2n) is 8.01. The van der Waals surface area contributed by atoms with Crippen molar-refractivity contribution in [2.75, 3.05) is 5.01 Å². The van der Waals surface area contributed by atoms with Crippen LogP contribution in [-0.2, 0) is 0 Å². The molecule has 0 aliphatic carbocycles. The fraction of sp³-hybridized carbons (Fsp3) is 0.0741. The quantitative estimate of drug-likeness (QED) is 0.250. The van der Waals surface area contributed by atoms with E-state index in [0.29, 0.717) is 22.4 Å². The molecule has 0 bridgehead atoms. The van der Waals surface area contributed by atoms with Crippen LogP contribution in [0.15, 0.2) is 95.4 Å². The highest BCUT2D eigenvalue weighted by Crippen LogP contribution is 2.40. The van der Waals surface area contributed by atoms with Crippen LogP contribution in [0.4, 0.5) is 5.95 Å². The first-order chi connectivity index (χ1) is 16.7. The lowest BCUT2D eigenvalue weighted by atomic mass is 10.0. The minimum absolute atomic E-state index is 0.0142.